The van der Waals surface area contributed by atoms with Crippen LogP contribution in [0.25, 0.3) is 0 Å². The van der Waals surface area contributed by atoms with E-state index in [1.54, 1.807) is 0 Å². The molecule has 0 aliphatic rings. The van der Waals surface area contributed by atoms with Crippen LogP contribution in [0.2, 0.25) is 0 Å². The molecule has 2 heteroatoms. The lowest BCUT2D eigenvalue weighted by Crippen LogP contribution is -2.07. The van der Waals surface area contributed by atoms with Crippen molar-refractivity contribution in [2.75, 3.05) is 6.61 Å². The molecule has 0 saturated heterocycles. The van der Waals surface area contributed by atoms with E-state index in [4.69, 9.17) is 4.74 Å². The molecule has 0 saturated carbocycles. The molecule has 1 aromatic carbocycles. The maximum absolute atomic E-state index is 11.3. The van der Waals surface area contributed by atoms with Crippen molar-refractivity contribution >= 4 is 5.97 Å². The lowest BCUT2D eigenvalue weighted by Gasteiger charge is -2.11. The molecule has 1 atom stereocenters. The molecule has 1 unspecified atom stereocenters. The second-order valence-corrected chi connectivity index (χ2v) is 4.42. The van der Waals surface area contributed by atoms with Crippen LogP contribution in [0, 0.1) is 0 Å². The van der Waals surface area contributed by atoms with E-state index < -0.39 is 0 Å². The molecule has 0 aromatic heterocycles. The summed E-state index contributed by atoms with van der Waals surface area (Å²) in [6, 6.07) is 10.3. The molecule has 0 aliphatic carbocycles. The summed E-state index contributed by atoms with van der Waals surface area (Å²) in [4.78, 5) is 11.3. The summed E-state index contributed by atoms with van der Waals surface area (Å²) < 4.78 is 5.20. The van der Waals surface area contributed by atoms with Crippen molar-refractivity contribution in [1.82, 2.24) is 0 Å². The smallest absolute Gasteiger partial charge is 0.305 e. The van der Waals surface area contributed by atoms with Gasteiger partial charge in [0.25, 0.3) is 0 Å². The average molecular weight is 234 g/mol. The van der Waals surface area contributed by atoms with Gasteiger partial charge in [0.2, 0.25) is 0 Å². The first kappa shape index (κ1) is 13.8. The van der Waals surface area contributed by atoms with Crippen LogP contribution in [0.15, 0.2) is 30.3 Å². The molecule has 0 heterocycles. The van der Waals surface area contributed by atoms with Gasteiger partial charge in [0, 0.05) is 6.42 Å². The normalized spacial score (nSPS) is 12.1. The minimum absolute atomic E-state index is 0.0629. The summed E-state index contributed by atoms with van der Waals surface area (Å²) in [6.07, 6.45) is 3.40. The third-order valence-electron chi connectivity index (χ3n) is 2.92. The molecule has 94 valence electrons. The molecule has 17 heavy (non-hydrogen) atoms. The number of rotatable bonds is 7. The van der Waals surface area contributed by atoms with Gasteiger partial charge in [-0.3, -0.25) is 4.79 Å². The Morgan fingerprint density at radius 2 is 2.00 bits per heavy atom. The van der Waals surface area contributed by atoms with E-state index in [2.05, 4.69) is 26.0 Å². The number of benzene rings is 1. The molecule has 0 aliphatic heterocycles. The Hall–Kier alpha value is -1.31. The topological polar surface area (TPSA) is 26.3 Å². The summed E-state index contributed by atoms with van der Waals surface area (Å²) in [5, 5.41) is 0. The fourth-order valence-corrected chi connectivity index (χ4v) is 1.69. The molecule has 0 bridgehead atoms. The first-order chi connectivity index (χ1) is 8.24. The van der Waals surface area contributed by atoms with Gasteiger partial charge in [-0.2, -0.15) is 0 Å². The second kappa shape index (κ2) is 7.88. The van der Waals surface area contributed by atoms with Crippen LogP contribution in [0.1, 0.15) is 51.0 Å². The van der Waals surface area contributed by atoms with Crippen molar-refractivity contribution in [3.8, 4) is 0 Å². The van der Waals surface area contributed by atoms with Gasteiger partial charge in [0.05, 0.1) is 6.61 Å². The van der Waals surface area contributed by atoms with Crippen molar-refractivity contribution in [2.45, 2.75) is 45.4 Å². The third-order valence-corrected chi connectivity index (χ3v) is 2.92. The number of carbonyl (C=O) groups excluding carboxylic acids is 1. The first-order valence-electron chi connectivity index (χ1n) is 6.44. The Kier molecular flexibility index (Phi) is 6.38. The lowest BCUT2D eigenvalue weighted by molar-refractivity contribution is -0.143. The summed E-state index contributed by atoms with van der Waals surface area (Å²) >= 11 is 0. The average Bonchev–Trinajstić information content (AvgIpc) is 2.37. The molecule has 0 radical (unpaired) electrons. The standard InChI is InChI=1S/C15H22O2/c1-3-4-10-15(16)17-12-11-13(2)14-8-6-5-7-9-14/h5-9,13H,3-4,10-12H2,1-2H3. The van der Waals surface area contributed by atoms with Crippen molar-refractivity contribution < 1.29 is 9.53 Å². The number of hydrogen-bond donors (Lipinski definition) is 0. The lowest BCUT2D eigenvalue weighted by atomic mass is 9.98. The van der Waals surface area contributed by atoms with E-state index >= 15 is 0 Å². The van der Waals surface area contributed by atoms with E-state index in [1.165, 1.54) is 5.56 Å². The van der Waals surface area contributed by atoms with Gasteiger partial charge < -0.3 is 4.74 Å². The minimum atomic E-state index is -0.0629. The Balaban J connectivity index is 2.20. The minimum Gasteiger partial charge on any atom is -0.466 e. The monoisotopic (exact) mass is 234 g/mol. The van der Waals surface area contributed by atoms with Crippen molar-refractivity contribution in [3.05, 3.63) is 35.9 Å². The molecule has 0 fully saturated rings. The van der Waals surface area contributed by atoms with E-state index in [1.807, 2.05) is 18.2 Å². The summed E-state index contributed by atoms with van der Waals surface area (Å²) in [5.74, 6) is 0.377. The zero-order valence-electron chi connectivity index (χ0n) is 10.8. The molecule has 0 amide bonds. The third kappa shape index (κ3) is 5.53. The van der Waals surface area contributed by atoms with Crippen LogP contribution >= 0.6 is 0 Å². The van der Waals surface area contributed by atoms with E-state index in [0.29, 0.717) is 18.9 Å². The van der Waals surface area contributed by atoms with Crippen LogP contribution in [0.5, 0.6) is 0 Å². The zero-order chi connectivity index (χ0) is 12.5. The number of unbranched alkanes of at least 4 members (excludes halogenated alkanes) is 1. The zero-order valence-corrected chi connectivity index (χ0v) is 10.8. The van der Waals surface area contributed by atoms with Crippen LogP contribution in [0.3, 0.4) is 0 Å². The van der Waals surface area contributed by atoms with Gasteiger partial charge in [0.15, 0.2) is 0 Å². The fraction of sp³-hybridized carbons (Fsp3) is 0.533. The van der Waals surface area contributed by atoms with Crippen LogP contribution in [-0.2, 0) is 9.53 Å². The number of esters is 1. The quantitative estimate of drug-likeness (QED) is 0.668. The highest BCUT2D eigenvalue weighted by Gasteiger charge is 2.07. The van der Waals surface area contributed by atoms with Crippen molar-refractivity contribution in [1.29, 1.82) is 0 Å². The number of hydrogen-bond acceptors (Lipinski definition) is 2. The van der Waals surface area contributed by atoms with E-state index in [-0.39, 0.29) is 5.97 Å². The van der Waals surface area contributed by atoms with Gasteiger partial charge >= 0.3 is 5.97 Å². The van der Waals surface area contributed by atoms with Gasteiger partial charge in [-0.1, -0.05) is 50.6 Å². The molecule has 2 nitrogen and oxygen atoms in total. The van der Waals surface area contributed by atoms with Gasteiger partial charge in [0.1, 0.15) is 0 Å². The molecule has 0 N–H and O–H groups in total. The second-order valence-electron chi connectivity index (χ2n) is 4.42. The predicted octanol–water partition coefficient (Wildman–Crippen LogP) is 3.91. The number of carbonyl (C=O) groups is 1. The molecule has 1 aromatic rings. The highest BCUT2D eigenvalue weighted by atomic mass is 16.5. The summed E-state index contributed by atoms with van der Waals surface area (Å²) in [5.41, 5.74) is 1.30. The van der Waals surface area contributed by atoms with Gasteiger partial charge in [-0.15, -0.1) is 0 Å². The Bertz CT molecular complexity index is 319. The molecular formula is C15H22O2. The van der Waals surface area contributed by atoms with Crippen molar-refractivity contribution in [3.63, 3.8) is 0 Å². The maximum Gasteiger partial charge on any atom is 0.305 e. The Morgan fingerprint density at radius 1 is 1.29 bits per heavy atom. The first-order valence-corrected chi connectivity index (χ1v) is 6.44. The predicted molar refractivity (Wildman–Crippen MR) is 70.0 cm³/mol. The Labute approximate surface area is 104 Å². The fourth-order valence-electron chi connectivity index (χ4n) is 1.69. The van der Waals surface area contributed by atoms with Crippen LogP contribution in [-0.4, -0.2) is 12.6 Å². The largest absolute Gasteiger partial charge is 0.466 e. The highest BCUT2D eigenvalue weighted by Crippen LogP contribution is 2.18. The van der Waals surface area contributed by atoms with Crippen molar-refractivity contribution in [2.24, 2.45) is 0 Å². The molecular weight excluding hydrogens is 212 g/mol. The summed E-state index contributed by atoms with van der Waals surface area (Å²) in [6.45, 7) is 4.76. The van der Waals surface area contributed by atoms with E-state index in [9.17, 15) is 4.79 Å². The molecule has 1 rings (SSSR count). The van der Waals surface area contributed by atoms with Gasteiger partial charge in [-0.25, -0.2) is 0 Å². The van der Waals surface area contributed by atoms with Crippen LogP contribution in [0.4, 0.5) is 0 Å². The van der Waals surface area contributed by atoms with Gasteiger partial charge in [-0.05, 0) is 24.3 Å². The Morgan fingerprint density at radius 3 is 2.65 bits per heavy atom. The van der Waals surface area contributed by atoms with E-state index in [0.717, 1.165) is 19.3 Å². The summed E-state index contributed by atoms with van der Waals surface area (Å²) in [7, 11) is 0. The molecule has 0 spiro atoms. The van der Waals surface area contributed by atoms with Crippen LogP contribution < -0.4 is 0 Å². The SMILES string of the molecule is CCCCC(=O)OCCC(C)c1ccccc1. The maximum atomic E-state index is 11.3. The number of ether oxygens (including phenoxy) is 1. The highest BCUT2D eigenvalue weighted by molar-refractivity contribution is 5.69.